The predicted octanol–water partition coefficient (Wildman–Crippen LogP) is 5.52. The molecule has 3 rings (SSSR count). The van der Waals surface area contributed by atoms with Gasteiger partial charge in [-0.3, -0.25) is 0 Å². The van der Waals surface area contributed by atoms with E-state index >= 15 is 0 Å². The molecule has 0 spiro atoms. The number of hydrogen-bond acceptors (Lipinski definition) is 6. The van der Waals surface area contributed by atoms with Crippen LogP contribution in [0.25, 0.3) is 6.08 Å². The highest BCUT2D eigenvalue weighted by molar-refractivity contribution is 7.98. The zero-order chi connectivity index (χ0) is 19.9. The summed E-state index contributed by atoms with van der Waals surface area (Å²) in [4.78, 5) is 20.8. The molecule has 0 radical (unpaired) electrons. The van der Waals surface area contributed by atoms with Crippen molar-refractivity contribution in [3.8, 4) is 5.75 Å². The number of rotatable bonds is 6. The van der Waals surface area contributed by atoms with Gasteiger partial charge in [-0.1, -0.05) is 47.6 Å². The van der Waals surface area contributed by atoms with E-state index in [0.717, 1.165) is 16.9 Å². The van der Waals surface area contributed by atoms with Gasteiger partial charge in [0.25, 0.3) is 0 Å². The fraction of sp³-hybridized carbons (Fsp3) is 0.0952. The molecule has 1 aromatic heterocycles. The maximum Gasteiger partial charge on any atom is 0.336 e. The molecular weight excluding hydrogens is 394 g/mol. The molecule has 0 fully saturated rings. The fourth-order valence-electron chi connectivity index (χ4n) is 2.40. The molecule has 0 amide bonds. The SMILES string of the molecule is CSc1nc(C)cc(Nc2cccc(OC(=O)/C=C/c3ccccc3Cl)c2)n1. The number of aromatic nitrogens is 2. The molecule has 0 bridgehead atoms. The number of halogens is 1. The van der Waals surface area contributed by atoms with Gasteiger partial charge in [0.1, 0.15) is 11.6 Å². The summed E-state index contributed by atoms with van der Waals surface area (Å²) in [5, 5.41) is 4.47. The Bertz CT molecular complexity index is 1020. The average Bonchev–Trinajstić information content (AvgIpc) is 2.67. The molecule has 1 N–H and O–H groups in total. The molecule has 5 nitrogen and oxygen atoms in total. The van der Waals surface area contributed by atoms with Crippen LogP contribution >= 0.6 is 23.4 Å². The first kappa shape index (κ1) is 19.9. The molecular formula is C21H18ClN3O2S. The van der Waals surface area contributed by atoms with Crippen LogP contribution < -0.4 is 10.1 Å². The van der Waals surface area contributed by atoms with E-state index < -0.39 is 5.97 Å². The lowest BCUT2D eigenvalue weighted by atomic mass is 10.2. The van der Waals surface area contributed by atoms with Crippen LogP contribution in [0.4, 0.5) is 11.5 Å². The van der Waals surface area contributed by atoms with Crippen LogP contribution in [0.5, 0.6) is 5.75 Å². The molecule has 0 aliphatic carbocycles. The Balaban J connectivity index is 1.69. The van der Waals surface area contributed by atoms with Gasteiger partial charge in [-0.2, -0.15) is 0 Å². The van der Waals surface area contributed by atoms with Crippen LogP contribution in [0.1, 0.15) is 11.3 Å². The number of aryl methyl sites for hydroxylation is 1. The van der Waals surface area contributed by atoms with Crippen LogP contribution in [-0.2, 0) is 4.79 Å². The number of benzene rings is 2. The quantitative estimate of drug-likeness (QED) is 0.189. The summed E-state index contributed by atoms with van der Waals surface area (Å²) in [6, 6.07) is 16.2. The highest BCUT2D eigenvalue weighted by Gasteiger charge is 2.05. The van der Waals surface area contributed by atoms with Crippen molar-refractivity contribution < 1.29 is 9.53 Å². The number of hydrogen-bond donors (Lipinski definition) is 1. The summed E-state index contributed by atoms with van der Waals surface area (Å²) < 4.78 is 5.38. The molecule has 0 saturated carbocycles. The van der Waals surface area contributed by atoms with Crippen molar-refractivity contribution in [2.24, 2.45) is 0 Å². The van der Waals surface area contributed by atoms with Gasteiger partial charge in [0.15, 0.2) is 5.16 Å². The standard InChI is InChI=1S/C21H18ClN3O2S/c1-14-12-19(25-21(23-14)28-2)24-16-7-5-8-17(13-16)27-20(26)11-10-15-6-3-4-9-18(15)22/h3-13H,1-2H3,(H,23,24,25)/b11-10+. The van der Waals surface area contributed by atoms with E-state index in [9.17, 15) is 4.79 Å². The van der Waals surface area contributed by atoms with Crippen LogP contribution in [0.2, 0.25) is 5.02 Å². The second-order valence-electron chi connectivity index (χ2n) is 5.81. The number of nitrogens with one attached hydrogen (secondary N) is 1. The molecule has 0 unspecified atom stereocenters. The molecule has 1 heterocycles. The topological polar surface area (TPSA) is 64.1 Å². The molecule has 0 aliphatic rings. The molecule has 0 aliphatic heterocycles. The van der Waals surface area contributed by atoms with Gasteiger partial charge in [-0.25, -0.2) is 14.8 Å². The first-order chi connectivity index (χ1) is 13.5. The van der Waals surface area contributed by atoms with Crippen molar-refractivity contribution in [2.75, 3.05) is 11.6 Å². The largest absolute Gasteiger partial charge is 0.423 e. The van der Waals surface area contributed by atoms with Gasteiger partial charge in [-0.15, -0.1) is 0 Å². The third-order valence-electron chi connectivity index (χ3n) is 3.65. The third-order valence-corrected chi connectivity index (χ3v) is 4.54. The Morgan fingerprint density at radius 1 is 1.14 bits per heavy atom. The smallest absolute Gasteiger partial charge is 0.336 e. The van der Waals surface area contributed by atoms with Crippen molar-refractivity contribution in [2.45, 2.75) is 12.1 Å². The van der Waals surface area contributed by atoms with E-state index in [2.05, 4.69) is 15.3 Å². The molecule has 0 atom stereocenters. The molecule has 142 valence electrons. The number of anilines is 2. The zero-order valence-corrected chi connectivity index (χ0v) is 16.9. The van der Waals surface area contributed by atoms with Crippen molar-refractivity contribution >= 4 is 46.9 Å². The Labute approximate surface area is 172 Å². The predicted molar refractivity (Wildman–Crippen MR) is 114 cm³/mol. The Morgan fingerprint density at radius 2 is 1.96 bits per heavy atom. The molecule has 2 aromatic carbocycles. The summed E-state index contributed by atoms with van der Waals surface area (Å²) >= 11 is 7.55. The molecule has 3 aromatic rings. The summed E-state index contributed by atoms with van der Waals surface area (Å²) in [6.45, 7) is 1.91. The lowest BCUT2D eigenvalue weighted by Crippen LogP contribution is -2.04. The number of carbonyl (C=O) groups excluding carboxylic acids is 1. The van der Waals surface area contributed by atoms with Gasteiger partial charge in [-0.05, 0) is 43.0 Å². The summed E-state index contributed by atoms with van der Waals surface area (Å²) in [5.41, 5.74) is 2.37. The minimum Gasteiger partial charge on any atom is -0.423 e. The van der Waals surface area contributed by atoms with Crippen LogP contribution in [0, 0.1) is 6.92 Å². The molecule has 28 heavy (non-hydrogen) atoms. The highest BCUT2D eigenvalue weighted by atomic mass is 35.5. The Hall–Kier alpha value is -2.83. The van der Waals surface area contributed by atoms with Crippen molar-refractivity contribution in [1.82, 2.24) is 9.97 Å². The minimum atomic E-state index is -0.486. The van der Waals surface area contributed by atoms with E-state index in [1.807, 2.05) is 43.5 Å². The number of nitrogens with zero attached hydrogens (tertiary/aromatic N) is 2. The van der Waals surface area contributed by atoms with E-state index in [4.69, 9.17) is 16.3 Å². The lowest BCUT2D eigenvalue weighted by molar-refractivity contribution is -0.128. The number of ether oxygens (including phenoxy) is 1. The highest BCUT2D eigenvalue weighted by Crippen LogP contribution is 2.23. The molecule has 0 saturated heterocycles. The second-order valence-corrected chi connectivity index (χ2v) is 6.99. The Morgan fingerprint density at radius 3 is 2.75 bits per heavy atom. The maximum absolute atomic E-state index is 12.1. The summed E-state index contributed by atoms with van der Waals surface area (Å²) in [5.74, 6) is 0.619. The van der Waals surface area contributed by atoms with Gasteiger partial charge >= 0.3 is 5.97 Å². The average molecular weight is 412 g/mol. The van der Waals surface area contributed by atoms with Crippen molar-refractivity contribution in [3.05, 3.63) is 77.0 Å². The maximum atomic E-state index is 12.1. The first-order valence-corrected chi connectivity index (χ1v) is 10.0. The van der Waals surface area contributed by atoms with Crippen LogP contribution in [-0.4, -0.2) is 22.2 Å². The van der Waals surface area contributed by atoms with Gasteiger partial charge < -0.3 is 10.1 Å². The van der Waals surface area contributed by atoms with Crippen LogP contribution in [0.15, 0.2) is 65.8 Å². The van der Waals surface area contributed by atoms with Crippen molar-refractivity contribution in [3.63, 3.8) is 0 Å². The van der Waals surface area contributed by atoms with Gasteiger partial charge in [0.05, 0.1) is 0 Å². The Kier molecular flexibility index (Phi) is 6.68. The van der Waals surface area contributed by atoms with Crippen LogP contribution in [0.3, 0.4) is 0 Å². The normalized spacial score (nSPS) is 10.8. The van der Waals surface area contributed by atoms with Gasteiger partial charge in [0.2, 0.25) is 0 Å². The molecule has 7 heteroatoms. The summed E-state index contributed by atoms with van der Waals surface area (Å²) in [6.07, 6.45) is 4.90. The van der Waals surface area contributed by atoms with Gasteiger partial charge in [0, 0.05) is 34.6 Å². The monoisotopic (exact) mass is 411 g/mol. The van der Waals surface area contributed by atoms with E-state index in [1.165, 1.54) is 17.8 Å². The number of esters is 1. The number of carbonyl (C=O) groups is 1. The zero-order valence-electron chi connectivity index (χ0n) is 15.3. The number of thioether (sulfide) groups is 1. The second kappa shape index (κ2) is 9.39. The fourth-order valence-corrected chi connectivity index (χ4v) is 3.02. The van der Waals surface area contributed by atoms with E-state index in [1.54, 1.807) is 30.3 Å². The minimum absolute atomic E-state index is 0.426. The first-order valence-electron chi connectivity index (χ1n) is 8.44. The van der Waals surface area contributed by atoms with E-state index in [-0.39, 0.29) is 0 Å². The van der Waals surface area contributed by atoms with Crippen molar-refractivity contribution in [1.29, 1.82) is 0 Å². The third kappa shape index (κ3) is 5.58. The van der Waals surface area contributed by atoms with E-state index in [0.29, 0.717) is 21.7 Å². The lowest BCUT2D eigenvalue weighted by Gasteiger charge is -2.09. The summed E-state index contributed by atoms with van der Waals surface area (Å²) in [7, 11) is 0.